The zero-order chi connectivity index (χ0) is 22.1. The summed E-state index contributed by atoms with van der Waals surface area (Å²) in [5.74, 6) is -0.135. The molecule has 1 atom stereocenters. The molecule has 164 valence electrons. The summed E-state index contributed by atoms with van der Waals surface area (Å²) >= 11 is 0. The molecule has 10 heteroatoms. The topological polar surface area (TPSA) is 72.3 Å². The average molecular weight is 433 g/mol. The lowest BCUT2D eigenvalue weighted by Crippen LogP contribution is -2.48. The summed E-state index contributed by atoms with van der Waals surface area (Å²) in [6.45, 7) is 5.48. The van der Waals surface area contributed by atoms with Crippen LogP contribution in [-0.2, 0) is 4.74 Å². The third-order valence-corrected chi connectivity index (χ3v) is 5.23. The Balaban J connectivity index is 1.75. The number of morpholine rings is 1. The predicted molar refractivity (Wildman–Crippen MR) is 111 cm³/mol. The van der Waals surface area contributed by atoms with Gasteiger partial charge in [-0.15, -0.1) is 0 Å². The minimum Gasteiger partial charge on any atom is -0.378 e. The maximum Gasteiger partial charge on any atom is 0.271 e. The Bertz CT molecular complexity index is 1160. The monoisotopic (exact) mass is 433 g/mol. The van der Waals surface area contributed by atoms with Crippen LogP contribution in [0.15, 0.2) is 35.3 Å². The van der Waals surface area contributed by atoms with E-state index in [1.54, 1.807) is 20.0 Å². The van der Waals surface area contributed by atoms with E-state index in [4.69, 9.17) is 4.74 Å². The summed E-state index contributed by atoms with van der Waals surface area (Å²) in [6, 6.07) is 4.70. The van der Waals surface area contributed by atoms with Crippen LogP contribution in [0.4, 0.5) is 19.0 Å². The molecule has 3 heterocycles. The van der Waals surface area contributed by atoms with E-state index in [1.807, 2.05) is 5.01 Å². The minimum absolute atomic E-state index is 0.101. The molecule has 1 saturated heterocycles. The van der Waals surface area contributed by atoms with Crippen molar-refractivity contribution in [3.05, 3.63) is 63.6 Å². The number of hydrogen-bond donors (Lipinski definition) is 1. The van der Waals surface area contributed by atoms with Crippen molar-refractivity contribution in [2.75, 3.05) is 36.6 Å². The molecule has 0 radical (unpaired) electrons. The van der Waals surface area contributed by atoms with Crippen molar-refractivity contribution < 1.29 is 17.9 Å². The number of ether oxygens (including phenoxy) is 1. The summed E-state index contributed by atoms with van der Waals surface area (Å²) in [5.41, 5.74) is -0.333. The van der Waals surface area contributed by atoms with Gasteiger partial charge in [0.15, 0.2) is 0 Å². The quantitative estimate of drug-likeness (QED) is 0.666. The van der Waals surface area contributed by atoms with Crippen molar-refractivity contribution in [2.24, 2.45) is 0 Å². The molecule has 1 aromatic carbocycles. The Morgan fingerprint density at radius 3 is 2.58 bits per heavy atom. The minimum atomic E-state index is -2.91. The molecule has 0 spiro atoms. The number of aromatic nitrogens is 3. The molecule has 0 aliphatic carbocycles. The Labute approximate surface area is 176 Å². The van der Waals surface area contributed by atoms with E-state index in [0.717, 1.165) is 6.07 Å². The van der Waals surface area contributed by atoms with Crippen LogP contribution in [0.1, 0.15) is 36.3 Å². The number of benzene rings is 1. The van der Waals surface area contributed by atoms with Crippen molar-refractivity contribution >= 4 is 16.7 Å². The average Bonchev–Trinajstić information content (AvgIpc) is 2.73. The van der Waals surface area contributed by atoms with Crippen molar-refractivity contribution in [3.63, 3.8) is 0 Å². The molecule has 3 aromatic rings. The highest BCUT2D eigenvalue weighted by Gasteiger charge is 2.21. The van der Waals surface area contributed by atoms with E-state index in [9.17, 15) is 18.0 Å². The van der Waals surface area contributed by atoms with Gasteiger partial charge in [-0.3, -0.25) is 4.79 Å². The number of alkyl halides is 2. The highest BCUT2D eigenvalue weighted by molar-refractivity contribution is 5.88. The van der Waals surface area contributed by atoms with E-state index in [1.165, 1.54) is 22.9 Å². The van der Waals surface area contributed by atoms with E-state index < -0.39 is 23.8 Å². The van der Waals surface area contributed by atoms with Crippen LogP contribution >= 0.6 is 0 Å². The molecule has 0 amide bonds. The molecule has 4 rings (SSSR count). The second kappa shape index (κ2) is 8.54. The van der Waals surface area contributed by atoms with Gasteiger partial charge in [0.05, 0.1) is 48.8 Å². The van der Waals surface area contributed by atoms with Crippen LogP contribution in [0.2, 0.25) is 0 Å². The van der Waals surface area contributed by atoms with Crippen LogP contribution in [0.5, 0.6) is 0 Å². The number of halogens is 3. The third kappa shape index (κ3) is 4.20. The summed E-state index contributed by atoms with van der Waals surface area (Å²) in [7, 11) is 0. The lowest BCUT2D eigenvalue weighted by molar-refractivity contribution is 0.111. The van der Waals surface area contributed by atoms with Crippen LogP contribution in [0.3, 0.4) is 0 Å². The first-order chi connectivity index (χ1) is 14.8. The number of nitrogens with zero attached hydrogens (tertiary/aromatic N) is 4. The van der Waals surface area contributed by atoms with Crippen molar-refractivity contribution in [1.29, 1.82) is 0 Å². The fraction of sp³-hybridized carbons (Fsp3) is 0.381. The molecule has 0 saturated carbocycles. The Kier molecular flexibility index (Phi) is 5.81. The lowest BCUT2D eigenvalue weighted by atomic mass is 10.0. The van der Waals surface area contributed by atoms with E-state index in [2.05, 4.69) is 15.3 Å². The number of pyridine rings is 1. The van der Waals surface area contributed by atoms with Gasteiger partial charge in [0.25, 0.3) is 12.0 Å². The first kappa shape index (κ1) is 21.1. The number of rotatable bonds is 5. The summed E-state index contributed by atoms with van der Waals surface area (Å²) in [5, 5.41) is 5.53. The van der Waals surface area contributed by atoms with E-state index >= 15 is 0 Å². The highest BCUT2D eigenvalue weighted by atomic mass is 19.3. The van der Waals surface area contributed by atoms with Gasteiger partial charge in [0.1, 0.15) is 17.5 Å². The molecule has 1 aliphatic rings. The van der Waals surface area contributed by atoms with Gasteiger partial charge in [0.2, 0.25) is 0 Å². The molecule has 2 aromatic heterocycles. The van der Waals surface area contributed by atoms with Gasteiger partial charge < -0.3 is 15.1 Å². The normalized spacial score (nSPS) is 15.5. The molecule has 0 bridgehead atoms. The third-order valence-electron chi connectivity index (χ3n) is 5.23. The van der Waals surface area contributed by atoms with Crippen molar-refractivity contribution in [3.8, 4) is 0 Å². The van der Waals surface area contributed by atoms with Gasteiger partial charge in [-0.1, -0.05) is 18.2 Å². The molecule has 1 aliphatic heterocycles. The van der Waals surface area contributed by atoms with Gasteiger partial charge in [-0.05, 0) is 13.8 Å². The number of fused-ring (bicyclic) bond motifs is 1. The predicted octanol–water partition coefficient (Wildman–Crippen LogP) is 3.32. The zero-order valence-electron chi connectivity index (χ0n) is 17.1. The largest absolute Gasteiger partial charge is 0.378 e. The molecule has 1 fully saturated rings. The van der Waals surface area contributed by atoms with E-state index in [0.29, 0.717) is 48.8 Å². The molecule has 31 heavy (non-hydrogen) atoms. The van der Waals surface area contributed by atoms with Crippen LogP contribution < -0.4 is 15.9 Å². The Hall–Kier alpha value is -3.14. The molecular formula is C21H22F3N5O2. The molecule has 1 N–H and O–H groups in total. The first-order valence-electron chi connectivity index (χ1n) is 9.92. The van der Waals surface area contributed by atoms with E-state index in [-0.39, 0.29) is 11.1 Å². The standard InChI is InChI=1S/C21H22F3N5O2/c1-12(14-4-3-5-15(19(14)22)20(23)24)25-21-16-11-29(28-6-8-31-9-7-28)18(30)10-17(16)26-13(2)27-21/h3-5,10-12,20H,6-9H2,1-2H3,(H,25,26,27). The van der Waals surface area contributed by atoms with Crippen LogP contribution in [-0.4, -0.2) is 40.9 Å². The second-order valence-electron chi connectivity index (χ2n) is 7.36. The van der Waals surface area contributed by atoms with Gasteiger partial charge in [0, 0.05) is 17.8 Å². The summed E-state index contributed by atoms with van der Waals surface area (Å²) < 4.78 is 47.6. The maximum absolute atomic E-state index is 14.6. The first-order valence-corrected chi connectivity index (χ1v) is 9.92. The number of anilines is 1. The maximum atomic E-state index is 14.6. The van der Waals surface area contributed by atoms with Crippen molar-refractivity contribution in [1.82, 2.24) is 14.6 Å². The molecule has 7 nitrogen and oxygen atoms in total. The number of hydrogen-bond acceptors (Lipinski definition) is 6. The summed E-state index contributed by atoms with van der Waals surface area (Å²) in [6.07, 6.45) is -1.26. The highest BCUT2D eigenvalue weighted by Crippen LogP contribution is 2.30. The van der Waals surface area contributed by atoms with Crippen LogP contribution in [0, 0.1) is 12.7 Å². The Morgan fingerprint density at radius 1 is 1.16 bits per heavy atom. The Morgan fingerprint density at radius 2 is 1.87 bits per heavy atom. The second-order valence-corrected chi connectivity index (χ2v) is 7.36. The molecular weight excluding hydrogens is 411 g/mol. The van der Waals surface area contributed by atoms with Gasteiger partial charge in [-0.2, -0.15) is 0 Å². The van der Waals surface area contributed by atoms with Crippen molar-refractivity contribution in [2.45, 2.75) is 26.3 Å². The fourth-order valence-corrected chi connectivity index (χ4v) is 3.66. The fourth-order valence-electron chi connectivity index (χ4n) is 3.66. The summed E-state index contributed by atoms with van der Waals surface area (Å²) in [4.78, 5) is 21.4. The zero-order valence-corrected chi connectivity index (χ0v) is 17.1. The van der Waals surface area contributed by atoms with Gasteiger partial charge in [-0.25, -0.2) is 27.8 Å². The van der Waals surface area contributed by atoms with Gasteiger partial charge >= 0.3 is 0 Å². The van der Waals surface area contributed by atoms with Crippen LogP contribution in [0.25, 0.3) is 10.9 Å². The SMILES string of the molecule is Cc1nc(NC(C)c2cccc(C(F)F)c2F)c2cn(N3CCOCC3)c(=O)cc2n1. The smallest absolute Gasteiger partial charge is 0.271 e. The molecule has 1 unspecified atom stereocenters. The number of aryl methyl sites for hydroxylation is 1. The lowest BCUT2D eigenvalue weighted by Gasteiger charge is -2.30. The number of nitrogens with one attached hydrogen (secondary N) is 1.